The van der Waals surface area contributed by atoms with E-state index in [1.807, 2.05) is 7.05 Å². The summed E-state index contributed by atoms with van der Waals surface area (Å²) >= 11 is 6.00. The normalized spacial score (nSPS) is 15.3. The molecule has 0 aliphatic carbocycles. The number of piperidine rings is 1. The summed E-state index contributed by atoms with van der Waals surface area (Å²) in [6.07, 6.45) is 1.79. The molecule has 2 rings (SSSR count). The van der Waals surface area contributed by atoms with Crippen molar-refractivity contribution < 1.29 is 9.72 Å². The van der Waals surface area contributed by atoms with E-state index in [9.17, 15) is 14.9 Å². The topological polar surface area (TPSA) is 75.5 Å². The van der Waals surface area contributed by atoms with E-state index in [-0.39, 0.29) is 34.6 Å². The molecule has 0 saturated carbocycles. The first-order valence-corrected chi connectivity index (χ1v) is 7.29. The Balaban J connectivity index is 0.00000242. The number of nitrogens with one attached hydrogen (secondary N) is 1. The van der Waals surface area contributed by atoms with E-state index in [0.717, 1.165) is 19.4 Å². The van der Waals surface area contributed by atoms with E-state index in [1.54, 1.807) is 4.90 Å². The number of likely N-dealkylation sites (tertiary alicyclic amines) is 1. The van der Waals surface area contributed by atoms with E-state index in [2.05, 4.69) is 5.32 Å². The van der Waals surface area contributed by atoms with Crippen LogP contribution in [-0.2, 0) is 0 Å². The molecule has 1 N–H and O–H groups in total. The van der Waals surface area contributed by atoms with Gasteiger partial charge in [-0.2, -0.15) is 0 Å². The van der Waals surface area contributed by atoms with Crippen molar-refractivity contribution >= 4 is 35.6 Å². The molecular weight excluding hydrogens is 329 g/mol. The molecule has 0 spiro atoms. The van der Waals surface area contributed by atoms with E-state index in [4.69, 9.17) is 11.6 Å². The Morgan fingerprint density at radius 2 is 2.09 bits per heavy atom. The van der Waals surface area contributed by atoms with Crippen LogP contribution in [0.5, 0.6) is 0 Å². The quantitative estimate of drug-likeness (QED) is 0.671. The maximum absolute atomic E-state index is 12.5. The number of hydrogen-bond acceptors (Lipinski definition) is 4. The van der Waals surface area contributed by atoms with Crippen molar-refractivity contribution in [1.29, 1.82) is 0 Å². The summed E-state index contributed by atoms with van der Waals surface area (Å²) in [7, 11) is 1.91. The van der Waals surface area contributed by atoms with Crippen LogP contribution in [0.15, 0.2) is 18.2 Å². The van der Waals surface area contributed by atoms with Gasteiger partial charge in [-0.1, -0.05) is 17.7 Å². The lowest BCUT2D eigenvalue weighted by molar-refractivity contribution is -0.385. The minimum atomic E-state index is -0.563. The maximum atomic E-state index is 12.5. The van der Waals surface area contributed by atoms with Gasteiger partial charge in [0.25, 0.3) is 11.6 Å². The van der Waals surface area contributed by atoms with Gasteiger partial charge in [-0.15, -0.1) is 12.4 Å². The highest BCUT2D eigenvalue weighted by atomic mass is 35.5. The van der Waals surface area contributed by atoms with Crippen molar-refractivity contribution in [3.8, 4) is 0 Å². The van der Waals surface area contributed by atoms with Gasteiger partial charge in [0.05, 0.1) is 9.95 Å². The minimum Gasteiger partial charge on any atom is -0.338 e. The van der Waals surface area contributed by atoms with E-state index in [1.165, 1.54) is 18.2 Å². The number of nitro benzene ring substituents is 1. The Bertz CT molecular complexity index is 546. The van der Waals surface area contributed by atoms with Crippen LogP contribution in [0, 0.1) is 16.0 Å². The highest BCUT2D eigenvalue weighted by Crippen LogP contribution is 2.29. The zero-order valence-electron chi connectivity index (χ0n) is 12.3. The van der Waals surface area contributed by atoms with Crippen LogP contribution in [-0.4, -0.2) is 42.4 Å². The van der Waals surface area contributed by atoms with Crippen molar-refractivity contribution in [3.05, 3.63) is 38.9 Å². The number of hydrogen-bond donors (Lipinski definition) is 1. The fourth-order valence-corrected chi connectivity index (χ4v) is 2.91. The third-order valence-electron chi connectivity index (χ3n) is 3.80. The van der Waals surface area contributed by atoms with Crippen LogP contribution in [0.4, 0.5) is 5.69 Å². The number of nitrogens with zero attached hydrogens (tertiary/aromatic N) is 2. The van der Waals surface area contributed by atoms with Gasteiger partial charge in [-0.05, 0) is 38.4 Å². The molecule has 0 radical (unpaired) electrons. The number of carbonyl (C=O) groups excluding carboxylic acids is 1. The highest BCUT2D eigenvalue weighted by molar-refractivity contribution is 6.34. The van der Waals surface area contributed by atoms with E-state index < -0.39 is 4.92 Å². The van der Waals surface area contributed by atoms with Crippen LogP contribution in [0.25, 0.3) is 0 Å². The number of amides is 1. The molecule has 0 unspecified atom stereocenters. The largest absolute Gasteiger partial charge is 0.338 e. The lowest BCUT2D eigenvalue weighted by Gasteiger charge is -2.32. The van der Waals surface area contributed by atoms with E-state index >= 15 is 0 Å². The van der Waals surface area contributed by atoms with Gasteiger partial charge in [-0.25, -0.2) is 0 Å². The average molecular weight is 348 g/mol. The molecule has 1 amide bonds. The number of nitro groups is 1. The molecule has 1 aromatic rings. The van der Waals surface area contributed by atoms with Crippen LogP contribution >= 0.6 is 24.0 Å². The standard InChI is InChI=1S/C14H18ClN3O3.ClH/c1-16-9-10-5-7-17(8-6-10)14(19)13-11(15)3-2-4-12(13)18(20)21;/h2-4,10,16H,5-9H2,1H3;1H. The second-order valence-corrected chi connectivity index (χ2v) is 5.59. The summed E-state index contributed by atoms with van der Waals surface area (Å²) in [5, 5.41) is 14.3. The van der Waals surface area contributed by atoms with Crippen LogP contribution in [0.1, 0.15) is 23.2 Å². The van der Waals surface area contributed by atoms with E-state index in [0.29, 0.717) is 19.0 Å². The molecule has 1 saturated heterocycles. The van der Waals surface area contributed by atoms with Crippen molar-refractivity contribution in [2.45, 2.75) is 12.8 Å². The summed E-state index contributed by atoms with van der Waals surface area (Å²) < 4.78 is 0. The fourth-order valence-electron chi connectivity index (χ4n) is 2.66. The summed E-state index contributed by atoms with van der Waals surface area (Å²) in [6, 6.07) is 4.30. The summed E-state index contributed by atoms with van der Waals surface area (Å²) in [4.78, 5) is 24.7. The third kappa shape index (κ3) is 4.09. The fraction of sp³-hybridized carbons (Fsp3) is 0.500. The van der Waals surface area contributed by atoms with Crippen molar-refractivity contribution in [2.75, 3.05) is 26.7 Å². The third-order valence-corrected chi connectivity index (χ3v) is 4.11. The Hall–Kier alpha value is -1.37. The summed E-state index contributed by atoms with van der Waals surface area (Å²) in [6.45, 7) is 2.13. The second kappa shape index (κ2) is 8.31. The van der Waals surface area contributed by atoms with Crippen molar-refractivity contribution in [2.24, 2.45) is 5.92 Å². The summed E-state index contributed by atoms with van der Waals surface area (Å²) in [5.41, 5.74) is -0.235. The predicted molar refractivity (Wildman–Crippen MR) is 87.9 cm³/mol. The van der Waals surface area contributed by atoms with Gasteiger partial charge in [0.1, 0.15) is 5.56 Å². The Labute approximate surface area is 140 Å². The lowest BCUT2D eigenvalue weighted by atomic mass is 9.96. The second-order valence-electron chi connectivity index (χ2n) is 5.18. The molecule has 8 heteroatoms. The number of benzene rings is 1. The maximum Gasteiger partial charge on any atom is 0.283 e. The number of halogens is 2. The predicted octanol–water partition coefficient (Wildman–Crippen LogP) is 2.74. The first-order valence-electron chi connectivity index (χ1n) is 6.91. The van der Waals surface area contributed by atoms with Gasteiger partial charge in [0.15, 0.2) is 0 Å². The van der Waals surface area contributed by atoms with Crippen molar-refractivity contribution in [1.82, 2.24) is 10.2 Å². The molecule has 0 bridgehead atoms. The number of carbonyl (C=O) groups is 1. The van der Waals surface area contributed by atoms with Gasteiger partial charge in [-0.3, -0.25) is 14.9 Å². The first-order chi connectivity index (χ1) is 10.0. The van der Waals surface area contributed by atoms with Gasteiger partial charge in [0, 0.05) is 19.2 Å². The van der Waals surface area contributed by atoms with Crippen molar-refractivity contribution in [3.63, 3.8) is 0 Å². The molecule has 0 aromatic heterocycles. The van der Waals surface area contributed by atoms with Crippen LogP contribution < -0.4 is 5.32 Å². The lowest BCUT2D eigenvalue weighted by Crippen LogP contribution is -2.40. The highest BCUT2D eigenvalue weighted by Gasteiger charge is 2.29. The van der Waals surface area contributed by atoms with Gasteiger partial charge in [0.2, 0.25) is 0 Å². The average Bonchev–Trinajstić information content (AvgIpc) is 2.47. The molecule has 1 fully saturated rings. The molecule has 122 valence electrons. The number of rotatable bonds is 4. The molecule has 1 heterocycles. The molecule has 6 nitrogen and oxygen atoms in total. The Kier molecular flexibility index (Phi) is 7.06. The minimum absolute atomic E-state index is 0. The monoisotopic (exact) mass is 347 g/mol. The smallest absolute Gasteiger partial charge is 0.283 e. The van der Waals surface area contributed by atoms with Crippen LogP contribution in [0.3, 0.4) is 0 Å². The van der Waals surface area contributed by atoms with Crippen LogP contribution in [0.2, 0.25) is 5.02 Å². The zero-order chi connectivity index (χ0) is 15.4. The SMILES string of the molecule is CNCC1CCN(C(=O)c2c(Cl)cccc2[N+](=O)[O-])CC1.Cl. The first kappa shape index (κ1) is 18.7. The molecule has 1 aliphatic rings. The zero-order valence-corrected chi connectivity index (χ0v) is 13.8. The van der Waals surface area contributed by atoms with Gasteiger partial charge < -0.3 is 10.2 Å². The molecular formula is C14H19Cl2N3O3. The molecule has 1 aliphatic heterocycles. The molecule has 1 aromatic carbocycles. The summed E-state index contributed by atoms with van der Waals surface area (Å²) in [5.74, 6) is 0.190. The Morgan fingerprint density at radius 3 is 2.64 bits per heavy atom. The molecule has 0 atom stereocenters. The Morgan fingerprint density at radius 1 is 1.45 bits per heavy atom. The van der Waals surface area contributed by atoms with Gasteiger partial charge >= 0.3 is 0 Å². The molecule has 22 heavy (non-hydrogen) atoms.